The van der Waals surface area contributed by atoms with E-state index in [0.29, 0.717) is 6.10 Å². The van der Waals surface area contributed by atoms with Gasteiger partial charge in [0, 0.05) is 30.4 Å². The molecule has 1 atom stereocenters. The number of nitrogens with two attached hydrogens (primary N) is 1. The van der Waals surface area contributed by atoms with Crippen molar-refractivity contribution in [3.63, 3.8) is 0 Å². The molecular formula is C13H19ClN2O. The molecule has 2 N–H and O–H groups in total. The van der Waals surface area contributed by atoms with Gasteiger partial charge in [-0.25, -0.2) is 0 Å². The zero-order chi connectivity index (χ0) is 12.3. The highest BCUT2D eigenvalue weighted by atomic mass is 35.5. The first-order chi connectivity index (χ1) is 8.15. The quantitative estimate of drug-likeness (QED) is 0.840. The fourth-order valence-corrected chi connectivity index (χ4v) is 2.38. The van der Waals surface area contributed by atoms with E-state index >= 15 is 0 Å². The Morgan fingerprint density at radius 1 is 1.53 bits per heavy atom. The van der Waals surface area contributed by atoms with E-state index in [9.17, 15) is 0 Å². The normalized spacial score (nSPS) is 20.1. The van der Waals surface area contributed by atoms with Gasteiger partial charge in [0.25, 0.3) is 0 Å². The summed E-state index contributed by atoms with van der Waals surface area (Å²) in [7, 11) is 2.08. The predicted molar refractivity (Wildman–Crippen MR) is 71.2 cm³/mol. The Labute approximate surface area is 107 Å². The first kappa shape index (κ1) is 12.7. The monoisotopic (exact) mass is 254 g/mol. The predicted octanol–water partition coefficient (Wildman–Crippen LogP) is 2.53. The Bertz CT molecular complexity index is 378. The van der Waals surface area contributed by atoms with Crippen LogP contribution >= 0.6 is 11.6 Å². The summed E-state index contributed by atoms with van der Waals surface area (Å²) in [6, 6.07) is 5.62. The van der Waals surface area contributed by atoms with E-state index in [1.165, 1.54) is 6.42 Å². The van der Waals surface area contributed by atoms with E-state index in [2.05, 4.69) is 11.9 Å². The van der Waals surface area contributed by atoms with Crippen molar-refractivity contribution in [2.75, 3.05) is 25.9 Å². The molecule has 0 spiro atoms. The third-order valence-electron chi connectivity index (χ3n) is 3.05. The molecule has 94 valence electrons. The summed E-state index contributed by atoms with van der Waals surface area (Å²) in [4.78, 5) is 2.23. The lowest BCUT2D eigenvalue weighted by Gasteiger charge is -2.21. The molecule has 0 bridgehead atoms. The van der Waals surface area contributed by atoms with Gasteiger partial charge in [-0.05, 0) is 43.7 Å². The highest BCUT2D eigenvalue weighted by molar-refractivity contribution is 6.31. The fourth-order valence-electron chi connectivity index (χ4n) is 2.21. The molecule has 0 saturated carbocycles. The molecular weight excluding hydrogens is 236 g/mol. The minimum atomic E-state index is 0.375. The van der Waals surface area contributed by atoms with Crippen LogP contribution in [0.2, 0.25) is 5.02 Å². The summed E-state index contributed by atoms with van der Waals surface area (Å²) in [5.74, 6) is 0. The minimum Gasteiger partial charge on any atom is -0.399 e. The van der Waals surface area contributed by atoms with Crippen molar-refractivity contribution < 1.29 is 4.74 Å². The maximum absolute atomic E-state index is 6.14. The molecule has 1 aliphatic rings. The smallest absolute Gasteiger partial charge is 0.0702 e. The van der Waals surface area contributed by atoms with Gasteiger partial charge in [0.1, 0.15) is 0 Å². The van der Waals surface area contributed by atoms with E-state index in [4.69, 9.17) is 22.1 Å². The molecule has 0 aromatic heterocycles. The maximum atomic E-state index is 6.14. The van der Waals surface area contributed by atoms with Crippen LogP contribution in [-0.4, -0.2) is 31.2 Å². The summed E-state index contributed by atoms with van der Waals surface area (Å²) in [6.45, 7) is 2.66. The molecule has 17 heavy (non-hydrogen) atoms. The molecule has 0 radical (unpaired) electrons. The van der Waals surface area contributed by atoms with Crippen LogP contribution < -0.4 is 5.73 Å². The van der Waals surface area contributed by atoms with E-state index < -0.39 is 0 Å². The van der Waals surface area contributed by atoms with Gasteiger partial charge in [-0.2, -0.15) is 0 Å². The first-order valence-corrected chi connectivity index (χ1v) is 6.37. The molecule has 0 aliphatic carbocycles. The summed E-state index contributed by atoms with van der Waals surface area (Å²) in [5, 5.41) is 0.776. The fraction of sp³-hybridized carbons (Fsp3) is 0.538. The average Bonchev–Trinajstić information content (AvgIpc) is 2.76. The number of ether oxygens (including phenoxy) is 1. The van der Waals surface area contributed by atoms with Crippen LogP contribution in [0.4, 0.5) is 5.69 Å². The zero-order valence-electron chi connectivity index (χ0n) is 10.2. The molecule has 4 heteroatoms. The average molecular weight is 255 g/mol. The van der Waals surface area contributed by atoms with Crippen molar-refractivity contribution in [1.82, 2.24) is 4.90 Å². The molecule has 2 rings (SSSR count). The van der Waals surface area contributed by atoms with Crippen molar-refractivity contribution in [3.8, 4) is 0 Å². The van der Waals surface area contributed by atoms with E-state index in [0.717, 1.165) is 42.4 Å². The number of hydrogen-bond acceptors (Lipinski definition) is 3. The molecule has 1 saturated heterocycles. The number of anilines is 1. The summed E-state index contributed by atoms with van der Waals surface area (Å²) >= 11 is 6.14. The van der Waals surface area contributed by atoms with Crippen molar-refractivity contribution >= 4 is 17.3 Å². The summed E-state index contributed by atoms with van der Waals surface area (Å²) in [5.41, 5.74) is 7.60. The summed E-state index contributed by atoms with van der Waals surface area (Å²) in [6.07, 6.45) is 2.71. The standard InChI is InChI=1S/C13H19ClN2O/c1-16(9-12-3-2-6-17-12)8-10-7-11(15)4-5-13(10)14/h4-5,7,12H,2-3,6,8-9,15H2,1H3. The topological polar surface area (TPSA) is 38.5 Å². The van der Waals surface area contributed by atoms with Gasteiger partial charge in [0.15, 0.2) is 0 Å². The first-order valence-electron chi connectivity index (χ1n) is 5.99. The van der Waals surface area contributed by atoms with Crippen molar-refractivity contribution in [3.05, 3.63) is 28.8 Å². The molecule has 0 amide bonds. The van der Waals surface area contributed by atoms with E-state index in [1.807, 2.05) is 18.2 Å². The van der Waals surface area contributed by atoms with Crippen LogP contribution in [-0.2, 0) is 11.3 Å². The van der Waals surface area contributed by atoms with Gasteiger partial charge >= 0.3 is 0 Å². The molecule has 1 aromatic rings. The van der Waals surface area contributed by atoms with Gasteiger partial charge in [-0.1, -0.05) is 11.6 Å². The van der Waals surface area contributed by atoms with E-state index in [1.54, 1.807) is 0 Å². The number of nitrogen functional groups attached to an aromatic ring is 1. The SMILES string of the molecule is CN(Cc1cc(N)ccc1Cl)CC1CCCO1. The van der Waals surface area contributed by atoms with Crippen LogP contribution in [0.5, 0.6) is 0 Å². The minimum absolute atomic E-state index is 0.375. The Morgan fingerprint density at radius 3 is 3.06 bits per heavy atom. The van der Waals surface area contributed by atoms with Gasteiger partial charge < -0.3 is 10.5 Å². The highest BCUT2D eigenvalue weighted by Crippen LogP contribution is 2.21. The summed E-state index contributed by atoms with van der Waals surface area (Å²) < 4.78 is 5.62. The molecule has 1 unspecified atom stereocenters. The number of halogens is 1. The second-order valence-electron chi connectivity index (χ2n) is 4.68. The van der Waals surface area contributed by atoms with Gasteiger partial charge in [0.2, 0.25) is 0 Å². The number of likely N-dealkylation sites (N-methyl/N-ethyl adjacent to an activating group) is 1. The lowest BCUT2D eigenvalue weighted by atomic mass is 10.1. The van der Waals surface area contributed by atoms with Gasteiger partial charge in [0.05, 0.1) is 6.10 Å². The molecule has 1 aliphatic heterocycles. The Balaban J connectivity index is 1.92. The van der Waals surface area contributed by atoms with Gasteiger partial charge in [-0.3, -0.25) is 4.90 Å². The number of hydrogen-bond donors (Lipinski definition) is 1. The molecule has 3 nitrogen and oxygen atoms in total. The lowest BCUT2D eigenvalue weighted by molar-refractivity contribution is 0.0793. The van der Waals surface area contributed by atoms with Crippen LogP contribution in [0, 0.1) is 0 Å². The number of rotatable bonds is 4. The lowest BCUT2D eigenvalue weighted by Crippen LogP contribution is -2.28. The zero-order valence-corrected chi connectivity index (χ0v) is 10.9. The largest absolute Gasteiger partial charge is 0.399 e. The molecule has 1 aromatic carbocycles. The van der Waals surface area contributed by atoms with Gasteiger partial charge in [-0.15, -0.1) is 0 Å². The maximum Gasteiger partial charge on any atom is 0.0702 e. The van der Waals surface area contributed by atoms with Crippen molar-refractivity contribution in [2.45, 2.75) is 25.5 Å². The third-order valence-corrected chi connectivity index (χ3v) is 3.42. The second kappa shape index (κ2) is 5.71. The number of nitrogens with zero attached hydrogens (tertiary/aromatic N) is 1. The second-order valence-corrected chi connectivity index (χ2v) is 5.09. The van der Waals surface area contributed by atoms with Crippen LogP contribution in [0.1, 0.15) is 18.4 Å². The Kier molecular flexibility index (Phi) is 4.26. The van der Waals surface area contributed by atoms with Crippen LogP contribution in [0.3, 0.4) is 0 Å². The van der Waals surface area contributed by atoms with Crippen LogP contribution in [0.25, 0.3) is 0 Å². The van der Waals surface area contributed by atoms with E-state index in [-0.39, 0.29) is 0 Å². The highest BCUT2D eigenvalue weighted by Gasteiger charge is 2.17. The van der Waals surface area contributed by atoms with Crippen molar-refractivity contribution in [2.24, 2.45) is 0 Å². The van der Waals surface area contributed by atoms with Crippen molar-refractivity contribution in [1.29, 1.82) is 0 Å². The molecule has 1 heterocycles. The van der Waals surface area contributed by atoms with Crippen LogP contribution in [0.15, 0.2) is 18.2 Å². The molecule has 1 fully saturated rings. The Hall–Kier alpha value is -0.770. The third kappa shape index (κ3) is 3.60. The Morgan fingerprint density at radius 2 is 2.35 bits per heavy atom. The number of benzene rings is 1.